The fourth-order valence-electron chi connectivity index (χ4n) is 5.12. The Bertz CT molecular complexity index is 2000. The van der Waals surface area contributed by atoms with Gasteiger partial charge in [-0.15, -0.1) is 0 Å². The van der Waals surface area contributed by atoms with Gasteiger partial charge >= 0.3 is 23.1 Å². The summed E-state index contributed by atoms with van der Waals surface area (Å²) < 4.78 is 27.2. The molecular weight excluding hydrogens is 972 g/mol. The number of benzene rings is 4. The van der Waals surface area contributed by atoms with Gasteiger partial charge in [-0.05, 0) is 70.8 Å². The number of ketones is 1. The van der Waals surface area contributed by atoms with E-state index in [1.807, 2.05) is 60.7 Å². The number of hydrogen-bond donors (Lipinski definition) is 0. The standard InChI is InChI=1S/C21H20BrNO4.C10H10BrClO3.C6H7NO.C6H5.BrH.Mg/c1-26-19-10-15(17(22)13-20(19)27-2)11-21(25)23-9-8-16(24)12-18(23)14-6-4-3-5-7-14;1-14-8-3-6(4-10(12)13)7(11)5-9(8)15-2;1-8-6-2-4-7-5-3-6;1-2-4-6-5-3-1;;/h3-10,13,18H,11-12H2,1-2H3;3,5H,4H2,1-2H3;2-5H,1H3;1-5H;1H;/q;;;-1;;+2/p-1. The number of hydrogen-bond acceptors (Lipinski definition) is 9. The summed E-state index contributed by atoms with van der Waals surface area (Å²) in [5, 5.41) is -0.414. The Hall–Kier alpha value is -3.92. The topological polar surface area (TPSA) is 113 Å². The summed E-state index contributed by atoms with van der Waals surface area (Å²) in [7, 11) is 7.85. The van der Waals surface area contributed by atoms with E-state index in [1.165, 1.54) is 13.2 Å². The van der Waals surface area contributed by atoms with Crippen molar-refractivity contribution in [2.45, 2.75) is 25.3 Å². The van der Waals surface area contributed by atoms with Crippen LogP contribution in [0.1, 0.15) is 29.2 Å². The molecule has 10 nitrogen and oxygen atoms in total. The zero-order valence-corrected chi connectivity index (χ0v) is 39.6. The molecule has 0 bridgehead atoms. The molecule has 0 saturated carbocycles. The van der Waals surface area contributed by atoms with E-state index in [4.69, 9.17) is 35.3 Å². The number of pyridine rings is 1. The first kappa shape index (κ1) is 52.1. The predicted octanol–water partition coefficient (Wildman–Crippen LogP) is 6.04. The molecule has 0 spiro atoms. The van der Waals surface area contributed by atoms with Crippen LogP contribution in [0.3, 0.4) is 0 Å². The van der Waals surface area contributed by atoms with Crippen molar-refractivity contribution in [3.8, 4) is 28.7 Å². The van der Waals surface area contributed by atoms with Crippen LogP contribution in [0.4, 0.5) is 0 Å². The number of carbonyl (C=O) groups is 3. The molecule has 2 heterocycles. The normalized spacial score (nSPS) is 12.2. The van der Waals surface area contributed by atoms with E-state index < -0.39 is 5.24 Å². The average Bonchev–Trinajstić information content (AvgIpc) is 3.23. The first-order chi connectivity index (χ1) is 27.0. The number of nitrogens with zero attached hydrogens (tertiary/aromatic N) is 2. The molecule has 1 atom stereocenters. The van der Waals surface area contributed by atoms with Gasteiger partial charge in [0.05, 0.1) is 48.0 Å². The van der Waals surface area contributed by atoms with Crippen LogP contribution >= 0.6 is 43.5 Å². The Morgan fingerprint density at radius 2 is 1.22 bits per heavy atom. The Morgan fingerprint density at radius 3 is 1.64 bits per heavy atom. The maximum absolute atomic E-state index is 13.0. The molecule has 0 N–H and O–H groups in total. The van der Waals surface area contributed by atoms with Crippen molar-refractivity contribution in [2.24, 2.45) is 0 Å². The maximum atomic E-state index is 13.0. The number of amides is 1. The van der Waals surface area contributed by atoms with Gasteiger partial charge in [0, 0.05) is 40.4 Å². The quantitative estimate of drug-likeness (QED) is 0.0940. The van der Waals surface area contributed by atoms with E-state index in [2.05, 4.69) is 42.9 Å². The Balaban J connectivity index is 0.000000452. The largest absolute Gasteiger partial charge is 2.00 e. The van der Waals surface area contributed by atoms with Crippen LogP contribution < -0.4 is 40.7 Å². The van der Waals surface area contributed by atoms with E-state index in [-0.39, 0.29) is 77.0 Å². The molecule has 4 aromatic carbocycles. The molecule has 1 aliphatic heterocycles. The molecule has 15 heteroatoms. The van der Waals surface area contributed by atoms with E-state index in [9.17, 15) is 14.4 Å². The summed E-state index contributed by atoms with van der Waals surface area (Å²) in [6, 6.07) is 32.5. The molecule has 5 aromatic rings. The predicted molar refractivity (Wildman–Crippen MR) is 229 cm³/mol. The Morgan fingerprint density at radius 1 is 0.741 bits per heavy atom. The summed E-state index contributed by atoms with van der Waals surface area (Å²) >= 11 is 12.2. The monoisotopic (exact) mass is 1010 g/mol. The molecule has 0 saturated heterocycles. The molecule has 6 rings (SSSR count). The van der Waals surface area contributed by atoms with Crippen molar-refractivity contribution in [1.29, 1.82) is 0 Å². The Kier molecular flexibility index (Phi) is 25.6. The third-order valence-electron chi connectivity index (χ3n) is 7.89. The first-order valence-corrected chi connectivity index (χ1v) is 18.9. The van der Waals surface area contributed by atoms with Crippen LogP contribution in [0.2, 0.25) is 0 Å². The number of halogens is 4. The van der Waals surface area contributed by atoms with E-state index in [0.29, 0.717) is 23.0 Å². The number of rotatable bonds is 10. The van der Waals surface area contributed by atoms with Crippen molar-refractivity contribution in [3.05, 3.63) is 153 Å². The van der Waals surface area contributed by atoms with Gasteiger partial charge in [0.1, 0.15) is 5.75 Å². The third-order valence-corrected chi connectivity index (χ3v) is 9.50. The molecule has 58 heavy (non-hydrogen) atoms. The minimum atomic E-state index is -0.414. The number of aromatic nitrogens is 1. The molecule has 302 valence electrons. The second kappa shape index (κ2) is 28.5. The summed E-state index contributed by atoms with van der Waals surface area (Å²) in [5.41, 5.74) is 2.50. The summed E-state index contributed by atoms with van der Waals surface area (Å²) in [6.07, 6.45) is 7.03. The molecular formula is C43H42Br3ClMgN2O8. The maximum Gasteiger partial charge on any atom is 2.00 e. The molecule has 1 aromatic heterocycles. The molecule has 0 fully saturated rings. The van der Waals surface area contributed by atoms with E-state index >= 15 is 0 Å². The van der Waals surface area contributed by atoms with Crippen LogP contribution in [0.25, 0.3) is 0 Å². The summed E-state index contributed by atoms with van der Waals surface area (Å²) in [4.78, 5) is 41.2. The second-order valence-corrected chi connectivity index (χ2v) is 13.6. The number of allylic oxidation sites excluding steroid dienone is 1. The molecule has 0 aliphatic carbocycles. The van der Waals surface area contributed by atoms with Gasteiger partial charge in [-0.2, -0.15) is 36.4 Å². The molecule has 1 unspecified atom stereocenters. The average molecular weight is 1010 g/mol. The van der Waals surface area contributed by atoms with Crippen LogP contribution in [-0.2, 0) is 27.2 Å². The molecule has 0 radical (unpaired) electrons. The third kappa shape index (κ3) is 17.1. The first-order valence-electron chi connectivity index (χ1n) is 17.0. The van der Waals surface area contributed by atoms with Gasteiger partial charge in [0.2, 0.25) is 11.1 Å². The van der Waals surface area contributed by atoms with Gasteiger partial charge in [-0.1, -0.05) is 62.2 Å². The molecule has 1 aliphatic rings. The van der Waals surface area contributed by atoms with Gasteiger partial charge in [0.25, 0.3) is 0 Å². The van der Waals surface area contributed by atoms with Gasteiger partial charge in [0.15, 0.2) is 28.8 Å². The van der Waals surface area contributed by atoms with Crippen LogP contribution in [0, 0.1) is 6.07 Å². The van der Waals surface area contributed by atoms with Crippen molar-refractivity contribution in [1.82, 2.24) is 9.88 Å². The fraction of sp³-hybridized carbons (Fsp3) is 0.209. The van der Waals surface area contributed by atoms with Gasteiger partial charge < -0.3 is 45.6 Å². The summed E-state index contributed by atoms with van der Waals surface area (Å²) in [5.74, 6) is 3.10. The minimum absolute atomic E-state index is 0. The van der Waals surface area contributed by atoms with Crippen LogP contribution in [0.5, 0.6) is 28.7 Å². The number of ether oxygens (including phenoxy) is 5. The van der Waals surface area contributed by atoms with Crippen LogP contribution in [0.15, 0.2) is 131 Å². The second-order valence-electron chi connectivity index (χ2n) is 11.5. The van der Waals surface area contributed by atoms with E-state index in [0.717, 1.165) is 31.4 Å². The van der Waals surface area contributed by atoms with Crippen molar-refractivity contribution in [2.75, 3.05) is 35.5 Å². The summed E-state index contributed by atoms with van der Waals surface area (Å²) in [6.45, 7) is 0. The van der Waals surface area contributed by atoms with Crippen LogP contribution in [-0.4, -0.2) is 85.4 Å². The minimum Gasteiger partial charge on any atom is -1.00 e. The zero-order chi connectivity index (χ0) is 40.9. The SMILES string of the molecule is COc1cc(Br)c(CC(=O)Cl)cc1OC.COc1cc(Br)c(CC(=O)N2C=CC(=O)CC2c2ccccc2)cc1OC.COc1ccncc1.[Br-].[Mg+2].[c-]1ccccc1. The fourth-order valence-corrected chi connectivity index (χ4v) is 6.19. The molecule has 1 amide bonds. The Labute approximate surface area is 388 Å². The zero-order valence-electron chi connectivity index (χ0n) is 32.6. The van der Waals surface area contributed by atoms with Crippen molar-refractivity contribution in [3.63, 3.8) is 0 Å². The van der Waals surface area contributed by atoms with Crippen molar-refractivity contribution >= 4 is 83.4 Å². The number of methoxy groups -OCH3 is 5. The van der Waals surface area contributed by atoms with E-state index in [1.54, 1.807) is 88.3 Å². The number of carbonyl (C=O) groups excluding carboxylic acids is 3. The van der Waals surface area contributed by atoms with Crippen molar-refractivity contribution < 1.29 is 55.0 Å². The smallest absolute Gasteiger partial charge is 1.00 e. The van der Waals surface area contributed by atoms with Gasteiger partial charge in [-0.25, -0.2) is 0 Å². The van der Waals surface area contributed by atoms with Gasteiger partial charge in [-0.3, -0.25) is 19.4 Å².